The first-order valence-electron chi connectivity index (χ1n) is 25.0. The van der Waals surface area contributed by atoms with Gasteiger partial charge in [0.2, 0.25) is 23.6 Å². The van der Waals surface area contributed by atoms with Crippen molar-refractivity contribution in [2.75, 3.05) is 47.0 Å². The Hall–Kier alpha value is -5.93. The first-order chi connectivity index (χ1) is 33.5. The van der Waals surface area contributed by atoms with Gasteiger partial charge >= 0.3 is 11.9 Å². The number of rotatable bonds is 23. The molecule has 0 saturated carbocycles. The van der Waals surface area contributed by atoms with Crippen molar-refractivity contribution in [1.29, 1.82) is 0 Å². The fourth-order valence-corrected chi connectivity index (χ4v) is 9.48. The van der Waals surface area contributed by atoms with Gasteiger partial charge in [-0.15, -0.1) is 0 Å². The maximum Gasteiger partial charge on any atom is 0.306 e. The van der Waals surface area contributed by atoms with Crippen LogP contribution < -0.4 is 5.32 Å². The number of ketones is 1. The Morgan fingerprint density at radius 2 is 1.24 bits per heavy atom. The third kappa shape index (κ3) is 15.8. The third-order valence-electron chi connectivity index (χ3n) is 13.2. The lowest BCUT2D eigenvalue weighted by Gasteiger charge is -2.38. The van der Waals surface area contributed by atoms with Crippen molar-refractivity contribution in [2.24, 2.45) is 17.8 Å². The number of fused-ring (bicyclic) bond motifs is 3. The van der Waals surface area contributed by atoms with E-state index < -0.39 is 88.9 Å². The van der Waals surface area contributed by atoms with Gasteiger partial charge in [-0.05, 0) is 94.5 Å². The molecule has 2 N–H and O–H groups in total. The van der Waals surface area contributed by atoms with E-state index in [0.717, 1.165) is 41.5 Å². The first-order valence-corrected chi connectivity index (χ1v) is 25.0. The second-order valence-corrected chi connectivity index (χ2v) is 21.4. The van der Waals surface area contributed by atoms with E-state index >= 15 is 0 Å². The highest BCUT2D eigenvalue weighted by Crippen LogP contribution is 2.44. The highest BCUT2D eigenvalue weighted by atomic mass is 16.5. The second kappa shape index (κ2) is 24.9. The van der Waals surface area contributed by atoms with E-state index in [9.17, 15) is 38.7 Å². The number of nitrogens with one attached hydrogen (secondary N) is 1. The average Bonchev–Trinajstić information content (AvgIpc) is 3.64. The second-order valence-electron chi connectivity index (χ2n) is 21.4. The molecule has 0 radical (unpaired) electrons. The van der Waals surface area contributed by atoms with Crippen LogP contribution in [0.4, 0.5) is 0 Å². The van der Waals surface area contributed by atoms with Gasteiger partial charge in [0.25, 0.3) is 0 Å². The van der Waals surface area contributed by atoms with E-state index in [0.29, 0.717) is 18.7 Å². The number of hydrogen-bond donors (Lipinski definition) is 2. The molecule has 0 bridgehead atoms. The Balaban J connectivity index is 1.39. The lowest BCUT2D eigenvalue weighted by Crippen LogP contribution is -2.59. The Bertz CT molecular complexity index is 2290. The number of piperidine rings is 1. The molecule has 4 amide bonds. The number of likely N-dealkylation sites (N-methyl/N-ethyl adjacent to an activating group) is 2. The first kappa shape index (κ1) is 56.0. The zero-order chi connectivity index (χ0) is 52.2. The molecule has 5 atom stereocenters. The molecule has 0 spiro atoms. The molecule has 1 fully saturated rings. The quantitative estimate of drug-likeness (QED) is 0.0925. The van der Waals surface area contributed by atoms with Crippen LogP contribution in [0.5, 0.6) is 0 Å². The highest BCUT2D eigenvalue weighted by molar-refractivity contribution is 5.97. The van der Waals surface area contributed by atoms with Crippen LogP contribution in [0.2, 0.25) is 0 Å². The summed E-state index contributed by atoms with van der Waals surface area (Å²) in [6.45, 7) is 15.0. The zero-order valence-electron chi connectivity index (χ0n) is 43.4. The average molecular weight is 981 g/mol. The number of carbonyl (C=O) groups excluding carboxylic acids is 6. The van der Waals surface area contributed by atoms with Crippen molar-refractivity contribution in [2.45, 2.75) is 136 Å². The number of carbonyl (C=O) groups is 7. The number of ether oxygens (including phenoxy) is 3. The van der Waals surface area contributed by atoms with Gasteiger partial charge in [0.15, 0.2) is 5.78 Å². The molecule has 3 aromatic carbocycles. The van der Waals surface area contributed by atoms with Crippen LogP contribution in [-0.2, 0) is 54.2 Å². The monoisotopic (exact) mass is 981 g/mol. The molecular weight excluding hydrogens is 905 g/mol. The van der Waals surface area contributed by atoms with Crippen molar-refractivity contribution in [3.63, 3.8) is 0 Å². The van der Waals surface area contributed by atoms with Gasteiger partial charge in [0, 0.05) is 45.9 Å². The fourth-order valence-electron chi connectivity index (χ4n) is 9.48. The number of carboxylic acids is 1. The minimum absolute atomic E-state index is 0.0327. The Morgan fingerprint density at radius 1 is 0.690 bits per heavy atom. The van der Waals surface area contributed by atoms with Gasteiger partial charge in [0.1, 0.15) is 18.7 Å². The molecule has 0 unspecified atom stereocenters. The fraction of sp³-hybridized carbons (Fsp3) is 0.554. The molecule has 5 rings (SSSR count). The number of amides is 4. The molecule has 1 aliphatic carbocycles. The van der Waals surface area contributed by atoms with Gasteiger partial charge < -0.3 is 39.3 Å². The number of carboxylic acid groups (broad SMARTS) is 1. The van der Waals surface area contributed by atoms with Crippen molar-refractivity contribution < 1.29 is 52.9 Å². The van der Waals surface area contributed by atoms with E-state index in [1.165, 1.54) is 23.9 Å². The maximum atomic E-state index is 15.0. The van der Waals surface area contributed by atoms with Gasteiger partial charge in [-0.2, -0.15) is 0 Å². The summed E-state index contributed by atoms with van der Waals surface area (Å²) in [7, 11) is 2.94. The summed E-state index contributed by atoms with van der Waals surface area (Å²) in [6.07, 6.45) is 1.32. The van der Waals surface area contributed by atoms with Crippen molar-refractivity contribution in [1.82, 2.24) is 20.0 Å². The molecule has 1 heterocycles. The highest BCUT2D eigenvalue weighted by Gasteiger charge is 2.41. The van der Waals surface area contributed by atoms with Crippen LogP contribution in [0.1, 0.15) is 117 Å². The summed E-state index contributed by atoms with van der Waals surface area (Å²) in [4.78, 5) is 102. The van der Waals surface area contributed by atoms with Crippen LogP contribution in [0.25, 0.3) is 11.1 Å². The third-order valence-corrected chi connectivity index (χ3v) is 13.2. The van der Waals surface area contributed by atoms with Gasteiger partial charge in [-0.25, -0.2) is 0 Å². The number of aliphatic carboxylic acids is 1. The van der Waals surface area contributed by atoms with Crippen molar-refractivity contribution in [3.8, 4) is 11.1 Å². The molecular formula is C56H76N4O11. The number of likely N-dealkylation sites (tertiary alicyclic amines) is 1. The van der Waals surface area contributed by atoms with Gasteiger partial charge in [0.05, 0.1) is 55.1 Å². The summed E-state index contributed by atoms with van der Waals surface area (Å²) < 4.78 is 18.1. The van der Waals surface area contributed by atoms with E-state index in [1.54, 1.807) is 51.7 Å². The Morgan fingerprint density at radius 3 is 1.79 bits per heavy atom. The predicted molar refractivity (Wildman–Crippen MR) is 270 cm³/mol. The normalized spacial score (nSPS) is 15.9. The van der Waals surface area contributed by atoms with Gasteiger partial charge in [-0.1, -0.05) is 92.7 Å². The standard InChI is InChI=1S/C56H76N4O11/c1-36(2)50(47(61)30-38(31-48(62)63)52(66)60-27-19-12-20-28-60)59(10)54(68)46(29-37-21-13-11-14-22-37)58(9)53(67)45(35-71-56(6,7)8)57-51(65)39(33-70-55(3,4)5)32-49(64)69-34-44-42-25-17-15-23-40(42)41-24-16-18-26-43(41)44/h11,13-18,21-26,36,38-39,44-46,50H,12,19-20,27-35H2,1-10H3,(H,57,65)(H,62,63)/t38-,39-,45-,46-,50-/m0/s1. The number of hydrogen-bond acceptors (Lipinski definition) is 10. The number of Topliss-reactive ketones (excluding diaryl/α,β-unsaturated/α-hetero) is 1. The molecule has 1 saturated heterocycles. The van der Waals surface area contributed by atoms with E-state index in [-0.39, 0.29) is 50.9 Å². The largest absolute Gasteiger partial charge is 0.481 e. The predicted octanol–water partition coefficient (Wildman–Crippen LogP) is 7.08. The number of benzene rings is 3. The Kier molecular flexibility index (Phi) is 19.7. The topological polar surface area (TPSA) is 189 Å². The van der Waals surface area contributed by atoms with E-state index in [4.69, 9.17) is 14.2 Å². The molecule has 3 aromatic rings. The molecule has 71 heavy (non-hydrogen) atoms. The summed E-state index contributed by atoms with van der Waals surface area (Å²) in [5.74, 6) is -7.43. The molecule has 1 aliphatic heterocycles. The van der Waals surface area contributed by atoms with E-state index in [1.807, 2.05) is 87.5 Å². The molecule has 386 valence electrons. The molecule has 2 aliphatic rings. The van der Waals surface area contributed by atoms with Crippen LogP contribution in [0, 0.1) is 17.8 Å². The number of nitrogens with zero attached hydrogens (tertiary/aromatic N) is 3. The summed E-state index contributed by atoms with van der Waals surface area (Å²) in [6, 6.07) is 21.4. The smallest absolute Gasteiger partial charge is 0.306 e. The van der Waals surface area contributed by atoms with Crippen LogP contribution in [0.15, 0.2) is 78.9 Å². The summed E-state index contributed by atoms with van der Waals surface area (Å²) in [5.41, 5.74) is 3.52. The Labute approximate surface area is 419 Å². The maximum absolute atomic E-state index is 15.0. The van der Waals surface area contributed by atoms with Crippen molar-refractivity contribution in [3.05, 3.63) is 95.6 Å². The van der Waals surface area contributed by atoms with Crippen LogP contribution >= 0.6 is 0 Å². The summed E-state index contributed by atoms with van der Waals surface area (Å²) in [5, 5.41) is 12.6. The SMILES string of the molecule is CC(C)[C@@H](C(=O)C[C@@H](CC(=O)O)C(=O)N1CCCCC1)N(C)C(=O)[C@H](Cc1ccccc1)N(C)C(=O)[C@H](COC(C)(C)C)NC(=O)[C@H](COC(C)(C)C)CC(=O)OCC1c2ccccc2-c2ccccc21. The summed E-state index contributed by atoms with van der Waals surface area (Å²) >= 11 is 0. The van der Waals surface area contributed by atoms with Crippen molar-refractivity contribution >= 4 is 41.4 Å². The van der Waals surface area contributed by atoms with Crippen LogP contribution in [-0.4, -0.2) is 137 Å². The van der Waals surface area contributed by atoms with Crippen LogP contribution in [0.3, 0.4) is 0 Å². The minimum atomic E-state index is -1.34. The zero-order valence-corrected chi connectivity index (χ0v) is 43.4. The van der Waals surface area contributed by atoms with E-state index in [2.05, 4.69) is 5.32 Å². The molecule has 15 nitrogen and oxygen atoms in total. The van der Waals surface area contributed by atoms with Gasteiger partial charge in [-0.3, -0.25) is 33.6 Å². The number of esters is 1. The minimum Gasteiger partial charge on any atom is -0.481 e. The lowest BCUT2D eigenvalue weighted by atomic mass is 9.88. The lowest BCUT2D eigenvalue weighted by molar-refractivity contribution is -0.153. The molecule has 15 heteroatoms. The molecule has 0 aromatic heterocycles.